The molecule has 0 atom stereocenters. The Bertz CT molecular complexity index is 735. The van der Waals surface area contributed by atoms with E-state index in [2.05, 4.69) is 4.72 Å². The fourth-order valence-corrected chi connectivity index (χ4v) is 2.71. The van der Waals surface area contributed by atoms with Crippen molar-refractivity contribution in [2.45, 2.75) is 18.4 Å². The lowest BCUT2D eigenvalue weighted by Gasteiger charge is -2.08. The van der Waals surface area contributed by atoms with Crippen molar-refractivity contribution in [2.24, 2.45) is 0 Å². The Balaban J connectivity index is 2.17. The van der Waals surface area contributed by atoms with Crippen molar-refractivity contribution in [3.05, 3.63) is 65.0 Å². The molecule has 0 aromatic heterocycles. The number of aryl methyl sites for hydroxylation is 1. The maximum absolute atomic E-state index is 13.0. The molecule has 0 heterocycles. The van der Waals surface area contributed by atoms with Crippen molar-refractivity contribution in [3.63, 3.8) is 0 Å². The number of hydrogen-bond donors (Lipinski definition) is 1. The van der Waals surface area contributed by atoms with Gasteiger partial charge in [-0.1, -0.05) is 17.7 Å². The van der Waals surface area contributed by atoms with E-state index in [4.69, 9.17) is 0 Å². The molecule has 0 spiro atoms. The molecule has 0 unspecified atom stereocenters. The number of nitrogens with one attached hydrogen (secondary N) is 1. The summed E-state index contributed by atoms with van der Waals surface area (Å²) in [6, 6.07) is 7.59. The third-order valence-electron chi connectivity index (χ3n) is 2.84. The quantitative estimate of drug-likeness (QED) is 0.882. The Hall–Kier alpha value is -1.86. The monoisotopic (exact) mass is 315 g/mol. The largest absolute Gasteiger partial charge is 0.240 e. The fourth-order valence-electron chi connectivity index (χ4n) is 1.69. The second kappa shape index (κ2) is 5.87. The number of benzene rings is 2. The Morgan fingerprint density at radius 2 is 1.52 bits per heavy atom. The molecule has 0 fully saturated rings. The molecular formula is C14H12F3NO2S. The van der Waals surface area contributed by atoms with Gasteiger partial charge in [0, 0.05) is 6.54 Å². The summed E-state index contributed by atoms with van der Waals surface area (Å²) >= 11 is 0. The minimum Gasteiger partial charge on any atom is -0.207 e. The fraction of sp³-hybridized carbons (Fsp3) is 0.143. The van der Waals surface area contributed by atoms with Gasteiger partial charge in [0.15, 0.2) is 17.5 Å². The minimum absolute atomic E-state index is 0.0120. The Kier molecular flexibility index (Phi) is 4.34. The maximum Gasteiger partial charge on any atom is 0.240 e. The first kappa shape index (κ1) is 15.5. The van der Waals surface area contributed by atoms with Gasteiger partial charge in [0.2, 0.25) is 10.0 Å². The van der Waals surface area contributed by atoms with E-state index in [9.17, 15) is 21.6 Å². The SMILES string of the molecule is Cc1ccc(S(=O)(=O)NCc2cc(F)c(F)c(F)c2)cc1. The molecule has 0 aliphatic heterocycles. The van der Waals surface area contributed by atoms with Gasteiger partial charge in [0.05, 0.1) is 4.90 Å². The van der Waals surface area contributed by atoms with Crippen LogP contribution in [-0.4, -0.2) is 8.42 Å². The Morgan fingerprint density at radius 3 is 2.05 bits per heavy atom. The van der Waals surface area contributed by atoms with E-state index in [0.29, 0.717) is 0 Å². The summed E-state index contributed by atoms with van der Waals surface area (Å²) in [5.41, 5.74) is 0.888. The van der Waals surface area contributed by atoms with Gasteiger partial charge in [0.25, 0.3) is 0 Å². The highest BCUT2D eigenvalue weighted by molar-refractivity contribution is 7.89. The summed E-state index contributed by atoms with van der Waals surface area (Å²) < 4.78 is 65.0. The van der Waals surface area contributed by atoms with E-state index in [-0.39, 0.29) is 17.0 Å². The topological polar surface area (TPSA) is 46.2 Å². The van der Waals surface area contributed by atoms with Crippen molar-refractivity contribution in [2.75, 3.05) is 0 Å². The second-order valence-electron chi connectivity index (χ2n) is 4.51. The van der Waals surface area contributed by atoms with Gasteiger partial charge >= 0.3 is 0 Å². The lowest BCUT2D eigenvalue weighted by atomic mass is 10.2. The lowest BCUT2D eigenvalue weighted by molar-refractivity contribution is 0.445. The highest BCUT2D eigenvalue weighted by Crippen LogP contribution is 2.15. The molecule has 2 aromatic rings. The van der Waals surface area contributed by atoms with Crippen molar-refractivity contribution >= 4 is 10.0 Å². The molecule has 0 radical (unpaired) electrons. The molecule has 0 aliphatic rings. The number of sulfonamides is 1. The lowest BCUT2D eigenvalue weighted by Crippen LogP contribution is -2.23. The third-order valence-corrected chi connectivity index (χ3v) is 4.26. The Morgan fingerprint density at radius 1 is 1.00 bits per heavy atom. The van der Waals surface area contributed by atoms with E-state index in [0.717, 1.165) is 17.7 Å². The van der Waals surface area contributed by atoms with Gasteiger partial charge < -0.3 is 0 Å². The summed E-state index contributed by atoms with van der Waals surface area (Å²) in [7, 11) is -3.80. The van der Waals surface area contributed by atoms with Gasteiger partial charge in [-0.3, -0.25) is 0 Å². The summed E-state index contributed by atoms with van der Waals surface area (Å²) in [4.78, 5) is 0.0381. The third kappa shape index (κ3) is 3.62. The van der Waals surface area contributed by atoms with Crippen molar-refractivity contribution in [3.8, 4) is 0 Å². The summed E-state index contributed by atoms with van der Waals surface area (Å²) in [5.74, 6) is -4.31. The van der Waals surface area contributed by atoms with Crippen LogP contribution in [0.25, 0.3) is 0 Å². The van der Waals surface area contributed by atoms with Gasteiger partial charge in [-0.05, 0) is 36.8 Å². The molecular weight excluding hydrogens is 303 g/mol. The van der Waals surface area contributed by atoms with Gasteiger partial charge in [-0.25, -0.2) is 26.3 Å². The smallest absolute Gasteiger partial charge is 0.207 e. The maximum atomic E-state index is 13.0. The van der Waals surface area contributed by atoms with E-state index in [1.807, 2.05) is 6.92 Å². The molecule has 7 heteroatoms. The summed E-state index contributed by atoms with van der Waals surface area (Å²) in [5, 5.41) is 0. The van der Waals surface area contributed by atoms with Crippen LogP contribution in [0.5, 0.6) is 0 Å². The van der Waals surface area contributed by atoms with Crippen LogP contribution in [0.3, 0.4) is 0 Å². The van der Waals surface area contributed by atoms with Crippen LogP contribution in [0.15, 0.2) is 41.3 Å². The highest BCUT2D eigenvalue weighted by Gasteiger charge is 2.15. The molecule has 0 bridgehead atoms. The van der Waals surface area contributed by atoms with Crippen LogP contribution in [-0.2, 0) is 16.6 Å². The number of rotatable bonds is 4. The molecule has 2 rings (SSSR count). The minimum atomic E-state index is -3.80. The zero-order valence-corrected chi connectivity index (χ0v) is 11.8. The van der Waals surface area contributed by atoms with E-state index >= 15 is 0 Å². The molecule has 0 amide bonds. The van der Waals surface area contributed by atoms with Crippen molar-refractivity contribution in [1.82, 2.24) is 4.72 Å². The summed E-state index contributed by atoms with van der Waals surface area (Å²) in [6.45, 7) is 1.47. The zero-order chi connectivity index (χ0) is 15.6. The Labute approximate surface area is 120 Å². The van der Waals surface area contributed by atoms with Crippen molar-refractivity contribution < 1.29 is 21.6 Å². The number of halogens is 3. The van der Waals surface area contributed by atoms with E-state index < -0.39 is 27.5 Å². The molecule has 0 saturated heterocycles. The molecule has 21 heavy (non-hydrogen) atoms. The molecule has 2 aromatic carbocycles. The average molecular weight is 315 g/mol. The second-order valence-corrected chi connectivity index (χ2v) is 6.28. The van der Waals surface area contributed by atoms with Crippen LogP contribution in [0, 0.1) is 24.4 Å². The molecule has 1 N–H and O–H groups in total. The van der Waals surface area contributed by atoms with Crippen molar-refractivity contribution in [1.29, 1.82) is 0 Å². The van der Waals surface area contributed by atoms with E-state index in [1.165, 1.54) is 12.1 Å². The first-order valence-electron chi connectivity index (χ1n) is 5.99. The van der Waals surface area contributed by atoms with Gasteiger partial charge in [-0.2, -0.15) is 0 Å². The molecule has 0 saturated carbocycles. The first-order valence-corrected chi connectivity index (χ1v) is 7.47. The zero-order valence-electron chi connectivity index (χ0n) is 11.0. The molecule has 0 aliphatic carbocycles. The van der Waals surface area contributed by atoms with Crippen LogP contribution >= 0.6 is 0 Å². The first-order chi connectivity index (χ1) is 9.79. The van der Waals surface area contributed by atoms with Gasteiger partial charge in [0.1, 0.15) is 0 Å². The van der Waals surface area contributed by atoms with E-state index in [1.54, 1.807) is 12.1 Å². The standard InChI is InChI=1S/C14H12F3NO2S/c1-9-2-4-11(5-3-9)21(19,20)18-8-10-6-12(15)14(17)13(16)7-10/h2-7,18H,8H2,1H3. The molecule has 3 nitrogen and oxygen atoms in total. The van der Waals surface area contributed by atoms with Crippen LogP contribution in [0.2, 0.25) is 0 Å². The average Bonchev–Trinajstić information content (AvgIpc) is 2.43. The predicted octanol–water partition coefficient (Wildman–Crippen LogP) is 2.89. The van der Waals surface area contributed by atoms with Crippen LogP contribution < -0.4 is 4.72 Å². The predicted molar refractivity (Wildman–Crippen MR) is 71.5 cm³/mol. The normalized spacial score (nSPS) is 11.6. The molecule has 112 valence electrons. The summed E-state index contributed by atoms with van der Waals surface area (Å²) in [6.07, 6.45) is 0. The van der Waals surface area contributed by atoms with Gasteiger partial charge in [-0.15, -0.1) is 0 Å². The highest BCUT2D eigenvalue weighted by atomic mass is 32.2. The van der Waals surface area contributed by atoms with Crippen LogP contribution in [0.1, 0.15) is 11.1 Å². The van der Waals surface area contributed by atoms with Crippen LogP contribution in [0.4, 0.5) is 13.2 Å². The number of hydrogen-bond acceptors (Lipinski definition) is 2.